The van der Waals surface area contributed by atoms with E-state index < -0.39 is 0 Å². The highest BCUT2D eigenvalue weighted by Crippen LogP contribution is 2.22. The Morgan fingerprint density at radius 3 is 2.33 bits per heavy atom. The predicted octanol–water partition coefficient (Wildman–Crippen LogP) is 2.44. The standard InChI is InChI=1S/C12H23N3/c1-5-8-15-11(7-3)12(9(4)13)10(6-2)14-15/h9H,5-8,13H2,1-4H3. The van der Waals surface area contributed by atoms with E-state index in [1.54, 1.807) is 0 Å². The number of rotatable bonds is 5. The SMILES string of the molecule is CCCn1nc(CC)c(C(C)N)c1CC. The van der Waals surface area contributed by atoms with E-state index in [2.05, 4.69) is 30.6 Å². The van der Waals surface area contributed by atoms with E-state index >= 15 is 0 Å². The summed E-state index contributed by atoms with van der Waals surface area (Å²) in [5.74, 6) is 0. The Balaban J connectivity index is 3.19. The molecule has 0 spiro atoms. The van der Waals surface area contributed by atoms with E-state index in [0.29, 0.717) is 0 Å². The summed E-state index contributed by atoms with van der Waals surface area (Å²) < 4.78 is 2.14. The van der Waals surface area contributed by atoms with E-state index in [9.17, 15) is 0 Å². The van der Waals surface area contributed by atoms with E-state index in [4.69, 9.17) is 5.73 Å². The van der Waals surface area contributed by atoms with Crippen molar-refractivity contribution in [1.29, 1.82) is 0 Å². The molecule has 0 aliphatic carbocycles. The Labute approximate surface area is 92.7 Å². The molecule has 15 heavy (non-hydrogen) atoms. The Kier molecular flexibility index (Phi) is 4.33. The summed E-state index contributed by atoms with van der Waals surface area (Å²) in [7, 11) is 0. The first-order chi connectivity index (χ1) is 7.15. The number of nitrogens with two attached hydrogens (primary N) is 1. The maximum absolute atomic E-state index is 6.02. The molecule has 86 valence electrons. The van der Waals surface area contributed by atoms with Gasteiger partial charge < -0.3 is 5.73 Å². The lowest BCUT2D eigenvalue weighted by Gasteiger charge is -2.09. The van der Waals surface area contributed by atoms with Crippen LogP contribution in [0.2, 0.25) is 0 Å². The highest BCUT2D eigenvalue weighted by atomic mass is 15.3. The lowest BCUT2D eigenvalue weighted by atomic mass is 10.0. The lowest BCUT2D eigenvalue weighted by Crippen LogP contribution is -2.10. The van der Waals surface area contributed by atoms with Gasteiger partial charge in [-0.15, -0.1) is 0 Å². The van der Waals surface area contributed by atoms with Crippen molar-refractivity contribution in [2.24, 2.45) is 5.73 Å². The third-order valence-corrected chi connectivity index (χ3v) is 2.74. The molecule has 1 aromatic rings. The van der Waals surface area contributed by atoms with E-state index in [0.717, 1.165) is 25.8 Å². The molecular weight excluding hydrogens is 186 g/mol. The van der Waals surface area contributed by atoms with Crippen molar-refractivity contribution in [3.8, 4) is 0 Å². The summed E-state index contributed by atoms with van der Waals surface area (Å²) in [6, 6.07) is 0.0977. The molecule has 0 fully saturated rings. The minimum Gasteiger partial charge on any atom is -0.324 e. The second kappa shape index (κ2) is 5.31. The molecule has 3 nitrogen and oxygen atoms in total. The van der Waals surface area contributed by atoms with Crippen molar-refractivity contribution in [3.05, 3.63) is 17.0 Å². The summed E-state index contributed by atoms with van der Waals surface area (Å²) in [5.41, 5.74) is 9.79. The monoisotopic (exact) mass is 209 g/mol. The summed E-state index contributed by atoms with van der Waals surface area (Å²) in [6.07, 6.45) is 3.11. The fraction of sp³-hybridized carbons (Fsp3) is 0.750. The Hall–Kier alpha value is -0.830. The van der Waals surface area contributed by atoms with Crippen molar-refractivity contribution in [2.45, 2.75) is 59.5 Å². The van der Waals surface area contributed by atoms with Crippen molar-refractivity contribution in [1.82, 2.24) is 9.78 Å². The van der Waals surface area contributed by atoms with Gasteiger partial charge in [0.1, 0.15) is 0 Å². The Morgan fingerprint density at radius 1 is 1.27 bits per heavy atom. The summed E-state index contributed by atoms with van der Waals surface area (Å²) in [5, 5.41) is 4.65. The third-order valence-electron chi connectivity index (χ3n) is 2.74. The number of nitrogens with zero attached hydrogens (tertiary/aromatic N) is 2. The van der Waals surface area contributed by atoms with Crippen LogP contribution in [0.15, 0.2) is 0 Å². The summed E-state index contributed by atoms with van der Waals surface area (Å²) in [6.45, 7) is 9.55. The molecule has 0 aromatic carbocycles. The largest absolute Gasteiger partial charge is 0.324 e. The first kappa shape index (κ1) is 12.2. The predicted molar refractivity (Wildman–Crippen MR) is 63.9 cm³/mol. The molecule has 0 radical (unpaired) electrons. The molecule has 1 aromatic heterocycles. The zero-order chi connectivity index (χ0) is 11.4. The Morgan fingerprint density at radius 2 is 1.93 bits per heavy atom. The second-order valence-corrected chi connectivity index (χ2v) is 4.03. The minimum absolute atomic E-state index is 0.0977. The lowest BCUT2D eigenvalue weighted by molar-refractivity contribution is 0.569. The van der Waals surface area contributed by atoms with Gasteiger partial charge in [0.2, 0.25) is 0 Å². The van der Waals surface area contributed by atoms with E-state index in [1.165, 1.54) is 17.0 Å². The van der Waals surface area contributed by atoms with Gasteiger partial charge in [-0.1, -0.05) is 20.8 Å². The molecule has 0 aliphatic rings. The first-order valence-electron chi connectivity index (χ1n) is 5.99. The molecule has 0 saturated carbocycles. The van der Waals surface area contributed by atoms with Crippen LogP contribution >= 0.6 is 0 Å². The van der Waals surface area contributed by atoms with Gasteiger partial charge in [0.25, 0.3) is 0 Å². The number of hydrogen-bond donors (Lipinski definition) is 1. The molecule has 0 bridgehead atoms. The van der Waals surface area contributed by atoms with Crippen LogP contribution in [0.5, 0.6) is 0 Å². The van der Waals surface area contributed by atoms with Crippen molar-refractivity contribution in [3.63, 3.8) is 0 Å². The topological polar surface area (TPSA) is 43.8 Å². The van der Waals surface area contributed by atoms with Crippen LogP contribution < -0.4 is 5.73 Å². The molecule has 1 rings (SSSR count). The summed E-state index contributed by atoms with van der Waals surface area (Å²) >= 11 is 0. The fourth-order valence-corrected chi connectivity index (χ4v) is 2.12. The molecule has 3 heteroatoms. The number of hydrogen-bond acceptors (Lipinski definition) is 2. The molecule has 1 heterocycles. The molecule has 1 unspecified atom stereocenters. The third kappa shape index (κ3) is 2.40. The number of aromatic nitrogens is 2. The van der Waals surface area contributed by atoms with Crippen LogP contribution in [-0.4, -0.2) is 9.78 Å². The van der Waals surface area contributed by atoms with Gasteiger partial charge in [-0.2, -0.15) is 5.10 Å². The van der Waals surface area contributed by atoms with Gasteiger partial charge in [0.05, 0.1) is 5.69 Å². The van der Waals surface area contributed by atoms with Gasteiger partial charge >= 0.3 is 0 Å². The van der Waals surface area contributed by atoms with Gasteiger partial charge in [-0.05, 0) is 26.2 Å². The van der Waals surface area contributed by atoms with Gasteiger partial charge in [0.15, 0.2) is 0 Å². The Bertz CT molecular complexity index is 313. The van der Waals surface area contributed by atoms with Crippen LogP contribution in [0.1, 0.15) is 57.1 Å². The zero-order valence-electron chi connectivity index (χ0n) is 10.4. The van der Waals surface area contributed by atoms with Crippen molar-refractivity contribution < 1.29 is 0 Å². The molecule has 2 N–H and O–H groups in total. The first-order valence-corrected chi connectivity index (χ1v) is 5.99. The van der Waals surface area contributed by atoms with Gasteiger partial charge in [-0.3, -0.25) is 4.68 Å². The average Bonchev–Trinajstić information content (AvgIpc) is 2.56. The second-order valence-electron chi connectivity index (χ2n) is 4.03. The van der Waals surface area contributed by atoms with Crippen molar-refractivity contribution >= 4 is 0 Å². The maximum Gasteiger partial charge on any atom is 0.0672 e. The van der Waals surface area contributed by atoms with Crippen LogP contribution in [0.4, 0.5) is 0 Å². The van der Waals surface area contributed by atoms with E-state index in [-0.39, 0.29) is 6.04 Å². The normalized spacial score (nSPS) is 13.1. The van der Waals surface area contributed by atoms with E-state index in [1.807, 2.05) is 6.92 Å². The maximum atomic E-state index is 6.02. The molecule has 1 atom stereocenters. The highest BCUT2D eigenvalue weighted by molar-refractivity contribution is 5.29. The van der Waals surface area contributed by atoms with Gasteiger partial charge in [0, 0.05) is 23.8 Å². The molecular formula is C12H23N3. The van der Waals surface area contributed by atoms with Crippen LogP contribution in [0.25, 0.3) is 0 Å². The average molecular weight is 209 g/mol. The zero-order valence-corrected chi connectivity index (χ0v) is 10.4. The smallest absolute Gasteiger partial charge is 0.0672 e. The fourth-order valence-electron chi connectivity index (χ4n) is 2.12. The van der Waals surface area contributed by atoms with Crippen LogP contribution in [0.3, 0.4) is 0 Å². The quantitative estimate of drug-likeness (QED) is 0.809. The highest BCUT2D eigenvalue weighted by Gasteiger charge is 2.17. The van der Waals surface area contributed by atoms with Crippen molar-refractivity contribution in [2.75, 3.05) is 0 Å². The van der Waals surface area contributed by atoms with Crippen LogP contribution in [0, 0.1) is 0 Å². The summed E-state index contributed by atoms with van der Waals surface area (Å²) in [4.78, 5) is 0. The van der Waals surface area contributed by atoms with Gasteiger partial charge in [-0.25, -0.2) is 0 Å². The van der Waals surface area contributed by atoms with Crippen LogP contribution in [-0.2, 0) is 19.4 Å². The minimum atomic E-state index is 0.0977. The molecule has 0 saturated heterocycles. The molecule has 0 aliphatic heterocycles. The number of aryl methyl sites for hydroxylation is 2. The molecule has 0 amide bonds.